The van der Waals surface area contributed by atoms with E-state index in [4.69, 9.17) is 11.6 Å². The van der Waals surface area contributed by atoms with Crippen molar-refractivity contribution < 1.29 is 17.6 Å². The molecule has 2 rings (SSSR count). The molecular formula is C16H16ClFN2O3S. The Balaban J connectivity index is 2.12. The van der Waals surface area contributed by atoms with Gasteiger partial charge in [0.05, 0.1) is 18.4 Å². The highest BCUT2D eigenvalue weighted by atomic mass is 35.5. The molecule has 5 nitrogen and oxygen atoms in total. The fourth-order valence-electron chi connectivity index (χ4n) is 2.01. The molecule has 0 saturated carbocycles. The molecule has 0 bridgehead atoms. The fraction of sp³-hybridized carbons (Fsp3) is 0.188. The van der Waals surface area contributed by atoms with Gasteiger partial charge in [0.1, 0.15) is 5.82 Å². The van der Waals surface area contributed by atoms with Crippen LogP contribution >= 0.6 is 11.6 Å². The summed E-state index contributed by atoms with van der Waals surface area (Å²) in [4.78, 5) is 12.1. The van der Waals surface area contributed by atoms with E-state index in [1.807, 2.05) is 0 Å². The molecule has 1 amide bonds. The van der Waals surface area contributed by atoms with Crippen LogP contribution in [0.25, 0.3) is 0 Å². The van der Waals surface area contributed by atoms with Crippen LogP contribution in [0.5, 0.6) is 0 Å². The van der Waals surface area contributed by atoms with E-state index in [0.717, 1.165) is 16.6 Å². The van der Waals surface area contributed by atoms with Crippen molar-refractivity contribution in [2.75, 3.05) is 22.9 Å². The molecular weight excluding hydrogens is 355 g/mol. The van der Waals surface area contributed by atoms with Crippen molar-refractivity contribution in [3.8, 4) is 0 Å². The van der Waals surface area contributed by atoms with E-state index < -0.39 is 21.7 Å². The maximum Gasteiger partial charge on any atom is 0.231 e. The summed E-state index contributed by atoms with van der Waals surface area (Å²) in [5.41, 5.74) is 1.05. The maximum absolute atomic E-state index is 13.7. The third kappa shape index (κ3) is 4.69. The Morgan fingerprint density at radius 3 is 2.58 bits per heavy atom. The zero-order valence-corrected chi connectivity index (χ0v) is 14.7. The first-order chi connectivity index (χ1) is 11.2. The van der Waals surface area contributed by atoms with Crippen molar-refractivity contribution in [3.05, 3.63) is 58.9 Å². The summed E-state index contributed by atoms with van der Waals surface area (Å²) in [6.07, 6.45) is 0.927. The van der Waals surface area contributed by atoms with E-state index in [1.54, 1.807) is 18.2 Å². The van der Waals surface area contributed by atoms with Crippen molar-refractivity contribution in [1.82, 2.24) is 0 Å². The van der Waals surface area contributed by atoms with Gasteiger partial charge in [0.2, 0.25) is 15.9 Å². The van der Waals surface area contributed by atoms with Crippen molar-refractivity contribution in [2.45, 2.75) is 6.42 Å². The molecule has 0 atom stereocenters. The normalized spacial score (nSPS) is 11.2. The number of rotatable bonds is 5. The first kappa shape index (κ1) is 18.2. The van der Waals surface area contributed by atoms with Crippen LogP contribution in [-0.2, 0) is 21.2 Å². The quantitative estimate of drug-likeness (QED) is 0.879. The molecule has 0 aliphatic rings. The minimum atomic E-state index is -3.40. The smallest absolute Gasteiger partial charge is 0.231 e. The second-order valence-corrected chi connectivity index (χ2v) is 7.69. The van der Waals surface area contributed by atoms with Crippen molar-refractivity contribution in [1.29, 1.82) is 0 Å². The molecule has 0 aromatic heterocycles. The summed E-state index contributed by atoms with van der Waals surface area (Å²) in [5.74, 6) is -0.974. The third-order valence-electron chi connectivity index (χ3n) is 3.36. The fourth-order valence-corrected chi connectivity index (χ4v) is 2.67. The lowest BCUT2D eigenvalue weighted by molar-refractivity contribution is -0.115. The van der Waals surface area contributed by atoms with E-state index in [2.05, 4.69) is 5.32 Å². The van der Waals surface area contributed by atoms with E-state index in [-0.39, 0.29) is 17.0 Å². The molecule has 24 heavy (non-hydrogen) atoms. The predicted molar refractivity (Wildman–Crippen MR) is 93.4 cm³/mol. The second kappa shape index (κ2) is 7.19. The first-order valence-corrected chi connectivity index (χ1v) is 9.17. The molecule has 2 aromatic rings. The Labute approximate surface area is 145 Å². The van der Waals surface area contributed by atoms with Crippen LogP contribution in [0, 0.1) is 5.82 Å². The number of sulfonamides is 1. The molecule has 2 aromatic carbocycles. The van der Waals surface area contributed by atoms with Gasteiger partial charge in [-0.1, -0.05) is 23.7 Å². The molecule has 0 aliphatic heterocycles. The standard InChI is InChI=1S/C16H16ClFN2O3S/c1-20(24(2,22)23)14-5-3-4-13(10-14)19-16(21)8-11-6-7-12(17)9-15(11)18/h3-7,9-10H,8H2,1-2H3,(H,19,21). The van der Waals surface area contributed by atoms with Crippen LogP contribution in [0.2, 0.25) is 5.02 Å². The van der Waals surface area contributed by atoms with E-state index in [0.29, 0.717) is 11.4 Å². The minimum absolute atomic E-state index is 0.158. The Hall–Kier alpha value is -2.12. The molecule has 0 saturated heterocycles. The summed E-state index contributed by atoms with van der Waals surface area (Å²) in [7, 11) is -1.98. The van der Waals surface area contributed by atoms with Crippen LogP contribution in [0.1, 0.15) is 5.56 Å². The molecule has 128 valence electrons. The Morgan fingerprint density at radius 2 is 1.96 bits per heavy atom. The maximum atomic E-state index is 13.7. The molecule has 0 heterocycles. The van der Waals surface area contributed by atoms with E-state index in [1.165, 1.54) is 25.2 Å². The molecule has 0 radical (unpaired) electrons. The number of hydrogen-bond donors (Lipinski definition) is 1. The van der Waals surface area contributed by atoms with Gasteiger partial charge in [-0.3, -0.25) is 9.10 Å². The summed E-state index contributed by atoms with van der Waals surface area (Å²) < 4.78 is 37.9. The van der Waals surface area contributed by atoms with Gasteiger partial charge >= 0.3 is 0 Å². The highest BCUT2D eigenvalue weighted by Crippen LogP contribution is 2.21. The van der Waals surface area contributed by atoms with Crippen molar-refractivity contribution in [3.63, 3.8) is 0 Å². The number of anilines is 2. The first-order valence-electron chi connectivity index (χ1n) is 6.94. The molecule has 0 spiro atoms. The van der Waals surface area contributed by atoms with E-state index >= 15 is 0 Å². The number of carbonyl (C=O) groups is 1. The predicted octanol–water partition coefficient (Wildman–Crippen LogP) is 3.06. The lowest BCUT2D eigenvalue weighted by Gasteiger charge is -2.17. The Morgan fingerprint density at radius 1 is 1.25 bits per heavy atom. The molecule has 8 heteroatoms. The Kier molecular flexibility index (Phi) is 5.46. The van der Waals surface area contributed by atoms with Gasteiger partial charge in [0, 0.05) is 17.8 Å². The van der Waals surface area contributed by atoms with Crippen LogP contribution < -0.4 is 9.62 Å². The average Bonchev–Trinajstić information content (AvgIpc) is 2.48. The number of carbonyl (C=O) groups excluding carboxylic acids is 1. The number of nitrogens with zero attached hydrogens (tertiary/aromatic N) is 1. The topological polar surface area (TPSA) is 66.5 Å². The molecule has 1 N–H and O–H groups in total. The summed E-state index contributed by atoms with van der Waals surface area (Å²) in [6, 6.07) is 10.5. The lowest BCUT2D eigenvalue weighted by Crippen LogP contribution is -2.25. The highest BCUT2D eigenvalue weighted by Gasteiger charge is 2.13. The van der Waals surface area contributed by atoms with Crippen LogP contribution in [0.4, 0.5) is 15.8 Å². The molecule has 0 fully saturated rings. The molecule has 0 unspecified atom stereocenters. The van der Waals surface area contributed by atoms with Gasteiger partial charge in [0.15, 0.2) is 0 Å². The number of benzene rings is 2. The number of hydrogen-bond acceptors (Lipinski definition) is 3. The SMILES string of the molecule is CN(c1cccc(NC(=O)Cc2ccc(Cl)cc2F)c1)S(C)(=O)=O. The van der Waals surface area contributed by atoms with Gasteiger partial charge in [-0.15, -0.1) is 0 Å². The van der Waals surface area contributed by atoms with E-state index in [9.17, 15) is 17.6 Å². The zero-order valence-electron chi connectivity index (χ0n) is 13.1. The summed E-state index contributed by atoms with van der Waals surface area (Å²) >= 11 is 5.67. The number of amides is 1. The molecule has 0 aliphatic carbocycles. The summed E-state index contributed by atoms with van der Waals surface area (Å²) in [6.45, 7) is 0. The van der Waals surface area contributed by atoms with Gasteiger partial charge in [-0.2, -0.15) is 0 Å². The number of halogens is 2. The zero-order chi connectivity index (χ0) is 17.9. The van der Waals surface area contributed by atoms with Crippen LogP contribution in [0.15, 0.2) is 42.5 Å². The van der Waals surface area contributed by atoms with Crippen molar-refractivity contribution in [2.24, 2.45) is 0 Å². The minimum Gasteiger partial charge on any atom is -0.326 e. The summed E-state index contributed by atoms with van der Waals surface area (Å²) in [5, 5.41) is 2.88. The van der Waals surface area contributed by atoms with Gasteiger partial charge in [0.25, 0.3) is 0 Å². The van der Waals surface area contributed by atoms with Crippen LogP contribution in [0.3, 0.4) is 0 Å². The van der Waals surface area contributed by atoms with Gasteiger partial charge in [-0.05, 0) is 35.9 Å². The monoisotopic (exact) mass is 370 g/mol. The Bertz CT molecular complexity index is 871. The second-order valence-electron chi connectivity index (χ2n) is 5.24. The third-order valence-corrected chi connectivity index (χ3v) is 4.80. The lowest BCUT2D eigenvalue weighted by atomic mass is 10.1. The largest absolute Gasteiger partial charge is 0.326 e. The van der Waals surface area contributed by atoms with Gasteiger partial charge in [-0.25, -0.2) is 12.8 Å². The van der Waals surface area contributed by atoms with Crippen LogP contribution in [-0.4, -0.2) is 27.6 Å². The number of nitrogens with one attached hydrogen (secondary N) is 1. The highest BCUT2D eigenvalue weighted by molar-refractivity contribution is 7.92. The van der Waals surface area contributed by atoms with Crippen molar-refractivity contribution >= 4 is 38.9 Å². The van der Waals surface area contributed by atoms with Gasteiger partial charge < -0.3 is 5.32 Å². The average molecular weight is 371 g/mol.